The van der Waals surface area contributed by atoms with Gasteiger partial charge in [0.25, 0.3) is 0 Å². The van der Waals surface area contributed by atoms with Gasteiger partial charge in [0.1, 0.15) is 12.4 Å². The van der Waals surface area contributed by atoms with Crippen LogP contribution in [0.4, 0.5) is 0 Å². The molecule has 0 unspecified atom stereocenters. The lowest BCUT2D eigenvalue weighted by Crippen LogP contribution is -2.33. The summed E-state index contributed by atoms with van der Waals surface area (Å²) in [7, 11) is 0. The Morgan fingerprint density at radius 1 is 1.12 bits per heavy atom. The first-order valence-electron chi connectivity index (χ1n) is 14.0. The first kappa shape index (κ1) is 28.1. The number of aromatic nitrogens is 3. The highest BCUT2D eigenvalue weighted by Gasteiger charge is 2.24. The molecule has 2 aliphatic rings. The number of Topliss-reactive ketones (excluding diaryl/α,β-unsaturated/α-hetero) is 1. The number of carbonyl (C=O) groups excluding carboxylic acids is 1. The van der Waals surface area contributed by atoms with Crippen molar-refractivity contribution in [1.82, 2.24) is 19.4 Å². The number of pyridine rings is 1. The van der Waals surface area contributed by atoms with E-state index in [0.717, 1.165) is 66.2 Å². The molecular formula is C32H31ClN4O5. The van der Waals surface area contributed by atoms with Crippen molar-refractivity contribution in [3.05, 3.63) is 93.9 Å². The van der Waals surface area contributed by atoms with Crippen LogP contribution in [0.2, 0.25) is 5.02 Å². The predicted octanol–water partition coefficient (Wildman–Crippen LogP) is 5.64. The maximum Gasteiger partial charge on any atom is 0.335 e. The molecule has 1 atom stereocenters. The molecule has 2 aromatic carbocycles. The van der Waals surface area contributed by atoms with Crippen LogP contribution >= 0.6 is 11.6 Å². The number of carboxylic acid groups (broad SMARTS) is 1. The third kappa shape index (κ3) is 6.09. The monoisotopic (exact) mass is 586 g/mol. The molecule has 6 rings (SSSR count). The van der Waals surface area contributed by atoms with E-state index in [4.69, 9.17) is 31.0 Å². The maximum atomic E-state index is 11.6. The molecule has 9 nitrogen and oxygen atoms in total. The number of rotatable bonds is 10. The van der Waals surface area contributed by atoms with E-state index < -0.39 is 5.97 Å². The lowest BCUT2D eigenvalue weighted by Gasteiger charge is -2.29. The largest absolute Gasteiger partial charge is 0.478 e. The number of imidazole rings is 1. The standard InChI is InChI=1S/C32H31ClN4O5/c1-20(38)22-5-6-24(26(33)15-22)19-42-31-4-2-3-27(35-31)21-9-12-36(13-10-21)18-30-34-28-8-7-23(32(39)40)16-29(28)37(30)17-25-11-14-41-25/h2-9,15-16,25H,10-14,17-19H2,1H3,(H,39,40)/t25-/m0/s1. The highest BCUT2D eigenvalue weighted by Crippen LogP contribution is 2.27. The zero-order valence-corrected chi connectivity index (χ0v) is 24.0. The van der Waals surface area contributed by atoms with Gasteiger partial charge in [-0.3, -0.25) is 9.69 Å². The van der Waals surface area contributed by atoms with Gasteiger partial charge in [0.05, 0.1) is 41.5 Å². The number of hydrogen-bond acceptors (Lipinski definition) is 7. The van der Waals surface area contributed by atoms with E-state index >= 15 is 0 Å². The second kappa shape index (κ2) is 12.1. The fourth-order valence-corrected chi connectivity index (χ4v) is 5.49. The molecule has 0 saturated carbocycles. The van der Waals surface area contributed by atoms with Gasteiger partial charge in [0, 0.05) is 41.9 Å². The Labute approximate surface area is 248 Å². The van der Waals surface area contributed by atoms with Crippen molar-refractivity contribution < 1.29 is 24.2 Å². The lowest BCUT2D eigenvalue weighted by molar-refractivity contribution is -0.0591. The summed E-state index contributed by atoms with van der Waals surface area (Å²) in [5.74, 6) is 0.433. The summed E-state index contributed by atoms with van der Waals surface area (Å²) < 4.78 is 13.7. The van der Waals surface area contributed by atoms with E-state index in [-0.39, 0.29) is 24.1 Å². The van der Waals surface area contributed by atoms with E-state index in [2.05, 4.69) is 15.5 Å². The fraction of sp³-hybridized carbons (Fsp3) is 0.312. The van der Waals surface area contributed by atoms with Gasteiger partial charge < -0.3 is 19.1 Å². The van der Waals surface area contributed by atoms with Gasteiger partial charge in [-0.1, -0.05) is 35.9 Å². The topological polar surface area (TPSA) is 107 Å². The van der Waals surface area contributed by atoms with E-state index in [0.29, 0.717) is 29.6 Å². The molecule has 1 saturated heterocycles. The highest BCUT2D eigenvalue weighted by molar-refractivity contribution is 6.31. The lowest BCUT2D eigenvalue weighted by atomic mass is 10.0. The normalized spacial score (nSPS) is 17.1. The quantitative estimate of drug-likeness (QED) is 0.238. The molecule has 4 aromatic rings. The molecule has 216 valence electrons. The average molecular weight is 587 g/mol. The van der Waals surface area contributed by atoms with Gasteiger partial charge >= 0.3 is 5.97 Å². The minimum Gasteiger partial charge on any atom is -0.478 e. The minimum atomic E-state index is -0.949. The molecule has 2 aromatic heterocycles. The van der Waals surface area contributed by atoms with Crippen LogP contribution in [-0.2, 0) is 24.4 Å². The Morgan fingerprint density at radius 2 is 1.95 bits per heavy atom. The number of hydrogen-bond donors (Lipinski definition) is 1. The summed E-state index contributed by atoms with van der Waals surface area (Å²) in [6.45, 7) is 5.40. The summed E-state index contributed by atoms with van der Waals surface area (Å²) in [5.41, 5.74) is 5.26. The Hall–Kier alpha value is -4.05. The smallest absolute Gasteiger partial charge is 0.335 e. The van der Waals surface area contributed by atoms with E-state index in [9.17, 15) is 14.7 Å². The van der Waals surface area contributed by atoms with E-state index in [1.807, 2.05) is 18.2 Å². The van der Waals surface area contributed by atoms with Crippen molar-refractivity contribution in [2.75, 3.05) is 19.7 Å². The third-order valence-electron chi connectivity index (χ3n) is 7.80. The summed E-state index contributed by atoms with van der Waals surface area (Å²) >= 11 is 6.35. The molecule has 0 radical (unpaired) electrons. The molecule has 2 aliphatic heterocycles. The average Bonchev–Trinajstić information content (AvgIpc) is 3.30. The van der Waals surface area contributed by atoms with Gasteiger partial charge in [-0.05, 0) is 55.7 Å². The number of fused-ring (bicyclic) bond motifs is 1. The molecule has 0 aliphatic carbocycles. The Morgan fingerprint density at radius 3 is 2.64 bits per heavy atom. The van der Waals surface area contributed by atoms with Crippen molar-refractivity contribution in [3.8, 4) is 5.88 Å². The summed E-state index contributed by atoms with van der Waals surface area (Å²) in [6.07, 6.45) is 4.13. The van der Waals surface area contributed by atoms with Crippen molar-refractivity contribution in [1.29, 1.82) is 0 Å². The highest BCUT2D eigenvalue weighted by atomic mass is 35.5. The number of aromatic carboxylic acids is 1. The van der Waals surface area contributed by atoms with Crippen molar-refractivity contribution >= 4 is 40.0 Å². The molecule has 0 spiro atoms. The molecule has 10 heteroatoms. The van der Waals surface area contributed by atoms with Gasteiger partial charge in [-0.2, -0.15) is 0 Å². The van der Waals surface area contributed by atoms with Crippen molar-refractivity contribution in [2.45, 2.75) is 45.6 Å². The van der Waals surface area contributed by atoms with Gasteiger partial charge in [-0.15, -0.1) is 0 Å². The Bertz CT molecular complexity index is 1690. The van der Waals surface area contributed by atoms with Crippen LogP contribution in [0, 0.1) is 0 Å². The Kier molecular flexibility index (Phi) is 8.06. The molecule has 0 bridgehead atoms. The zero-order chi connectivity index (χ0) is 29.2. The number of ketones is 1. The number of carboxylic acids is 1. The SMILES string of the molecule is CC(=O)c1ccc(COc2cccc(C3=CCN(Cc4nc5ccc(C(=O)O)cc5n4C[C@@H]4CCO4)CC3)n2)c(Cl)c1. The number of ether oxygens (including phenoxy) is 2. The number of halogens is 1. The van der Waals surface area contributed by atoms with Crippen molar-refractivity contribution in [2.24, 2.45) is 0 Å². The summed E-state index contributed by atoms with van der Waals surface area (Å²) in [6, 6.07) is 16.0. The summed E-state index contributed by atoms with van der Waals surface area (Å²) in [4.78, 5) is 35.1. The second-order valence-electron chi connectivity index (χ2n) is 10.7. The molecule has 42 heavy (non-hydrogen) atoms. The first-order chi connectivity index (χ1) is 20.3. The molecular weight excluding hydrogens is 556 g/mol. The zero-order valence-electron chi connectivity index (χ0n) is 23.3. The van der Waals surface area contributed by atoms with Gasteiger partial charge in [0.15, 0.2) is 5.78 Å². The third-order valence-corrected chi connectivity index (χ3v) is 8.15. The van der Waals surface area contributed by atoms with Crippen molar-refractivity contribution in [3.63, 3.8) is 0 Å². The van der Waals surface area contributed by atoms with E-state index in [1.54, 1.807) is 36.4 Å². The minimum absolute atomic E-state index is 0.0331. The number of benzene rings is 2. The molecule has 1 N–H and O–H groups in total. The second-order valence-corrected chi connectivity index (χ2v) is 11.1. The fourth-order valence-electron chi connectivity index (χ4n) is 5.26. The molecule has 0 amide bonds. The van der Waals surface area contributed by atoms with Crippen LogP contribution in [0.15, 0.2) is 60.7 Å². The summed E-state index contributed by atoms with van der Waals surface area (Å²) in [5, 5.41) is 9.99. The van der Waals surface area contributed by atoms with E-state index in [1.165, 1.54) is 6.92 Å². The van der Waals surface area contributed by atoms with Gasteiger partial charge in [0.2, 0.25) is 5.88 Å². The van der Waals surface area contributed by atoms with Crippen LogP contribution in [0.5, 0.6) is 5.88 Å². The predicted molar refractivity (Wildman–Crippen MR) is 159 cm³/mol. The van der Waals surface area contributed by atoms with Crippen LogP contribution in [0.3, 0.4) is 0 Å². The van der Waals surface area contributed by atoms with Crippen LogP contribution in [-0.4, -0.2) is 62.1 Å². The number of nitrogens with zero attached hydrogens (tertiary/aromatic N) is 4. The van der Waals surface area contributed by atoms with Crippen LogP contribution < -0.4 is 4.74 Å². The Balaban J connectivity index is 1.13. The molecule has 1 fully saturated rings. The van der Waals surface area contributed by atoms with Crippen LogP contribution in [0.1, 0.15) is 57.6 Å². The molecule has 4 heterocycles. The maximum absolute atomic E-state index is 11.6. The first-order valence-corrected chi connectivity index (χ1v) is 14.4. The van der Waals surface area contributed by atoms with Gasteiger partial charge in [-0.25, -0.2) is 14.8 Å². The van der Waals surface area contributed by atoms with Crippen LogP contribution in [0.25, 0.3) is 16.6 Å². The number of carbonyl (C=O) groups is 2.